The normalized spacial score (nSPS) is 12.4. The van der Waals surface area contributed by atoms with Crippen LogP contribution in [0.5, 0.6) is 0 Å². The van der Waals surface area contributed by atoms with Gasteiger partial charge in [0.15, 0.2) is 11.6 Å². The minimum atomic E-state index is -5.06. The van der Waals surface area contributed by atoms with E-state index >= 15 is 0 Å². The summed E-state index contributed by atoms with van der Waals surface area (Å²) in [4.78, 5) is 32.1. The zero-order valence-corrected chi connectivity index (χ0v) is 33.3. The molecule has 0 saturated heterocycles. The maximum Gasteiger partial charge on any atom is 0.416 e. The van der Waals surface area contributed by atoms with E-state index in [0.29, 0.717) is 57.0 Å². The summed E-state index contributed by atoms with van der Waals surface area (Å²) in [7, 11) is 0. The Morgan fingerprint density at radius 3 is 1.13 bits per heavy atom. The lowest BCUT2D eigenvalue weighted by Gasteiger charge is -2.17. The minimum Gasteiger partial charge on any atom is -0.294 e. The Morgan fingerprint density at radius 1 is 0.355 bits per heavy atom. The fourth-order valence-corrected chi connectivity index (χ4v) is 8.23. The van der Waals surface area contributed by atoms with Crippen LogP contribution in [-0.4, -0.2) is 44.0 Å². The number of hydrogen-bond donors (Lipinski definition) is 0. The Bertz CT molecular complexity index is 3200. The van der Waals surface area contributed by atoms with Crippen LogP contribution in [0, 0.1) is 27.7 Å². The Kier molecular flexibility index (Phi) is 8.73. The number of nitrogens with zero attached hydrogens (tertiary/aromatic N) is 9. The van der Waals surface area contributed by atoms with E-state index in [2.05, 4.69) is 29.9 Å². The van der Waals surface area contributed by atoms with Crippen molar-refractivity contribution < 1.29 is 26.3 Å². The SMILES string of the molecule is Cc1nc(C)nc(-c2ccc3c(c2)c2ccccc2n3-c2cc(-c3cc(C(F)(F)F)cc(C(F)(F)F)c3)cc(-n3c4ccccc4c4cc(-c5nc(C)nc(C)n5)ccc43)n2)n1. The third kappa shape index (κ3) is 6.65. The van der Waals surface area contributed by atoms with Crippen LogP contribution >= 0.6 is 0 Å². The number of fused-ring (bicyclic) bond motifs is 6. The molecule has 0 radical (unpaired) electrons. The van der Waals surface area contributed by atoms with Gasteiger partial charge in [-0.1, -0.05) is 36.4 Å². The van der Waals surface area contributed by atoms with E-state index in [9.17, 15) is 26.3 Å². The first kappa shape index (κ1) is 38.6. The highest BCUT2D eigenvalue weighted by Gasteiger charge is 2.37. The smallest absolute Gasteiger partial charge is 0.294 e. The summed E-state index contributed by atoms with van der Waals surface area (Å²) in [5.74, 6) is 3.72. The number of halogens is 6. The first-order valence-corrected chi connectivity index (χ1v) is 19.4. The predicted molar refractivity (Wildman–Crippen MR) is 225 cm³/mol. The van der Waals surface area contributed by atoms with E-state index < -0.39 is 23.5 Å². The molecule has 0 aliphatic carbocycles. The molecule has 9 nitrogen and oxygen atoms in total. The molecular weight excluding hydrogens is 805 g/mol. The van der Waals surface area contributed by atoms with Gasteiger partial charge in [0, 0.05) is 32.7 Å². The second-order valence-electron chi connectivity index (χ2n) is 15.0. The molecule has 62 heavy (non-hydrogen) atoms. The van der Waals surface area contributed by atoms with Crippen LogP contribution in [0.15, 0.2) is 115 Å². The highest BCUT2D eigenvalue weighted by molar-refractivity contribution is 6.11. The average Bonchev–Trinajstić information content (AvgIpc) is 3.74. The van der Waals surface area contributed by atoms with Crippen LogP contribution in [0.2, 0.25) is 0 Å². The van der Waals surface area contributed by atoms with Crippen molar-refractivity contribution in [1.82, 2.24) is 44.0 Å². The molecule has 0 bridgehead atoms. The summed E-state index contributed by atoms with van der Waals surface area (Å²) >= 11 is 0. The Morgan fingerprint density at radius 2 is 0.726 bits per heavy atom. The van der Waals surface area contributed by atoms with Gasteiger partial charge in [-0.25, -0.2) is 34.9 Å². The maximum atomic E-state index is 14.3. The van der Waals surface area contributed by atoms with Crippen LogP contribution in [0.3, 0.4) is 0 Å². The lowest BCUT2D eigenvalue weighted by atomic mass is 9.99. The third-order valence-corrected chi connectivity index (χ3v) is 10.8. The molecule has 0 aliphatic heterocycles. The number of benzene rings is 5. The molecule has 306 valence electrons. The largest absolute Gasteiger partial charge is 0.416 e. The molecule has 10 aromatic rings. The summed E-state index contributed by atoms with van der Waals surface area (Å²) in [6, 6.07) is 31.2. The lowest BCUT2D eigenvalue weighted by molar-refractivity contribution is -0.143. The van der Waals surface area contributed by atoms with Gasteiger partial charge in [-0.15, -0.1) is 0 Å². The van der Waals surface area contributed by atoms with Crippen molar-refractivity contribution in [2.75, 3.05) is 0 Å². The number of aryl methyl sites for hydroxylation is 4. The molecule has 0 unspecified atom stereocenters. The monoisotopic (exact) mass is 835 g/mol. The quantitative estimate of drug-likeness (QED) is 0.159. The van der Waals surface area contributed by atoms with Gasteiger partial charge in [-0.2, -0.15) is 26.3 Å². The number of alkyl halides is 6. The summed E-state index contributed by atoms with van der Waals surface area (Å²) in [5, 5.41) is 3.25. The van der Waals surface area contributed by atoms with Crippen molar-refractivity contribution in [3.8, 4) is 45.5 Å². The van der Waals surface area contributed by atoms with E-state index in [4.69, 9.17) is 4.98 Å². The van der Waals surface area contributed by atoms with Gasteiger partial charge in [0.05, 0.1) is 33.2 Å². The van der Waals surface area contributed by atoms with Crippen LogP contribution in [0.4, 0.5) is 26.3 Å². The van der Waals surface area contributed by atoms with Crippen LogP contribution in [0.25, 0.3) is 89.2 Å². The first-order chi connectivity index (χ1) is 29.6. The number of hydrogen-bond acceptors (Lipinski definition) is 7. The summed E-state index contributed by atoms with van der Waals surface area (Å²) in [6.45, 7) is 7.14. The van der Waals surface area contributed by atoms with Crippen LogP contribution < -0.4 is 0 Å². The van der Waals surface area contributed by atoms with Gasteiger partial charge >= 0.3 is 12.4 Å². The Labute approximate surface area is 348 Å². The Balaban J connectivity index is 1.27. The van der Waals surface area contributed by atoms with Crippen molar-refractivity contribution in [3.05, 3.63) is 150 Å². The standard InChI is InChI=1S/C47H31F6N9/c1-24-54-25(2)57-44(56-24)28-13-15-40-36(19-28)34-9-5-7-11-38(34)61(40)42-21-31(30-17-32(46(48,49)50)23-33(18-30)47(51,52)53)22-43(60-42)62-39-12-8-6-10-35(39)37-20-29(14-16-41(37)62)45-58-26(3)55-27(4)59-45/h5-23H,1-4H3. The molecule has 0 amide bonds. The molecule has 15 heteroatoms. The molecule has 5 aromatic heterocycles. The number of rotatable bonds is 5. The number of para-hydroxylation sites is 2. The van der Waals surface area contributed by atoms with E-state index in [1.54, 1.807) is 27.7 Å². The molecule has 0 aliphatic rings. The van der Waals surface area contributed by atoms with Crippen molar-refractivity contribution in [2.24, 2.45) is 0 Å². The molecule has 0 atom stereocenters. The first-order valence-electron chi connectivity index (χ1n) is 19.4. The van der Waals surface area contributed by atoms with E-state index in [0.717, 1.165) is 44.8 Å². The second-order valence-corrected chi connectivity index (χ2v) is 15.0. The van der Waals surface area contributed by atoms with Crippen LogP contribution in [-0.2, 0) is 12.4 Å². The van der Waals surface area contributed by atoms with Crippen molar-refractivity contribution >= 4 is 43.6 Å². The predicted octanol–water partition coefficient (Wildman–Crippen LogP) is 11.9. The third-order valence-electron chi connectivity index (χ3n) is 10.8. The summed E-state index contributed by atoms with van der Waals surface area (Å²) in [5.41, 5.74) is 1.17. The van der Waals surface area contributed by atoms with Gasteiger partial charge in [-0.3, -0.25) is 9.13 Å². The molecular formula is C47H31F6N9. The fraction of sp³-hybridized carbons (Fsp3) is 0.128. The van der Waals surface area contributed by atoms with Crippen molar-refractivity contribution in [2.45, 2.75) is 40.0 Å². The highest BCUT2D eigenvalue weighted by atomic mass is 19.4. The lowest BCUT2D eigenvalue weighted by Crippen LogP contribution is -2.11. The van der Waals surface area contributed by atoms with Crippen LogP contribution in [0.1, 0.15) is 34.4 Å². The topological polar surface area (TPSA) is 100 Å². The Hall–Kier alpha value is -7.55. The average molecular weight is 836 g/mol. The van der Waals surface area contributed by atoms with E-state index in [-0.39, 0.29) is 28.8 Å². The van der Waals surface area contributed by atoms with Gasteiger partial charge in [0.1, 0.15) is 34.9 Å². The molecule has 0 N–H and O–H groups in total. The van der Waals surface area contributed by atoms with E-state index in [1.807, 2.05) is 94.1 Å². The molecule has 0 spiro atoms. The number of aromatic nitrogens is 9. The minimum absolute atomic E-state index is 0.0824. The van der Waals surface area contributed by atoms with E-state index in [1.165, 1.54) is 12.1 Å². The summed E-state index contributed by atoms with van der Waals surface area (Å²) in [6.07, 6.45) is -10.1. The van der Waals surface area contributed by atoms with Gasteiger partial charge in [-0.05, 0) is 118 Å². The van der Waals surface area contributed by atoms with Gasteiger partial charge in [0.25, 0.3) is 0 Å². The molecule has 10 rings (SSSR count). The zero-order chi connectivity index (χ0) is 43.2. The number of pyridine rings is 1. The zero-order valence-electron chi connectivity index (χ0n) is 33.3. The van der Waals surface area contributed by atoms with Crippen molar-refractivity contribution in [1.29, 1.82) is 0 Å². The molecule has 5 aromatic carbocycles. The van der Waals surface area contributed by atoms with Crippen molar-refractivity contribution in [3.63, 3.8) is 0 Å². The van der Waals surface area contributed by atoms with Gasteiger partial charge < -0.3 is 0 Å². The molecule has 0 saturated carbocycles. The van der Waals surface area contributed by atoms with Gasteiger partial charge in [0.2, 0.25) is 0 Å². The molecule has 5 heterocycles. The molecule has 0 fully saturated rings. The second kappa shape index (κ2) is 14.0. The maximum absolute atomic E-state index is 14.3. The summed E-state index contributed by atoms with van der Waals surface area (Å²) < 4.78 is 89.8. The highest BCUT2D eigenvalue weighted by Crippen LogP contribution is 2.42. The fourth-order valence-electron chi connectivity index (χ4n) is 8.23.